The Kier molecular flexibility index (Phi) is 6.70. The lowest BCUT2D eigenvalue weighted by Crippen LogP contribution is -2.53. The Labute approximate surface area is 164 Å². The van der Waals surface area contributed by atoms with E-state index in [1.54, 1.807) is 18.4 Å². The van der Waals surface area contributed by atoms with Crippen LogP contribution in [0.15, 0.2) is 46.8 Å². The average molecular weight is 386 g/mol. The quantitative estimate of drug-likeness (QED) is 0.471. The molecule has 0 bridgehead atoms. The third kappa shape index (κ3) is 5.23. The van der Waals surface area contributed by atoms with Crippen molar-refractivity contribution in [2.24, 2.45) is 4.99 Å². The van der Waals surface area contributed by atoms with Gasteiger partial charge in [0.1, 0.15) is 0 Å². The van der Waals surface area contributed by atoms with Crippen molar-refractivity contribution in [3.63, 3.8) is 0 Å². The summed E-state index contributed by atoms with van der Waals surface area (Å²) >= 11 is 1.78. The van der Waals surface area contributed by atoms with Gasteiger partial charge in [-0.25, -0.2) is 0 Å². The largest absolute Gasteiger partial charge is 0.360 e. The van der Waals surface area contributed by atoms with Crippen LogP contribution in [-0.4, -0.2) is 63.1 Å². The van der Waals surface area contributed by atoms with Crippen molar-refractivity contribution in [2.75, 3.05) is 51.2 Å². The lowest BCUT2D eigenvalue weighted by molar-refractivity contribution is 0.0954. The van der Waals surface area contributed by atoms with E-state index in [4.69, 9.17) is 0 Å². The van der Waals surface area contributed by atoms with Gasteiger partial charge in [-0.15, -0.1) is 11.3 Å². The zero-order valence-corrected chi connectivity index (χ0v) is 16.8. The third-order valence-corrected chi connectivity index (χ3v) is 5.51. The Morgan fingerprint density at radius 1 is 1.11 bits per heavy atom. The van der Waals surface area contributed by atoms with Crippen molar-refractivity contribution >= 4 is 28.2 Å². The summed E-state index contributed by atoms with van der Waals surface area (Å²) in [4.78, 5) is 21.2. The Bertz CT molecular complexity index is 766. The van der Waals surface area contributed by atoms with E-state index in [9.17, 15) is 4.79 Å². The molecule has 7 heteroatoms. The number of carbonyl (C=O) groups excluding carboxylic acids is 1. The second-order valence-corrected chi connectivity index (χ2v) is 7.45. The number of nitrogens with zero attached hydrogens (tertiary/aromatic N) is 3. The molecule has 1 aromatic heterocycles. The van der Waals surface area contributed by atoms with Crippen molar-refractivity contribution < 1.29 is 4.79 Å². The van der Waals surface area contributed by atoms with Crippen molar-refractivity contribution in [1.29, 1.82) is 0 Å². The molecular weight excluding hydrogens is 358 g/mol. The summed E-state index contributed by atoms with van der Waals surface area (Å²) in [6.07, 6.45) is 0. The minimum Gasteiger partial charge on any atom is -0.360 e. The molecule has 1 amide bonds. The lowest BCUT2D eigenvalue weighted by Gasteiger charge is -2.37. The van der Waals surface area contributed by atoms with Crippen molar-refractivity contribution in [1.82, 2.24) is 15.5 Å². The van der Waals surface area contributed by atoms with Gasteiger partial charge in [-0.05, 0) is 36.6 Å². The van der Waals surface area contributed by atoms with E-state index in [0.717, 1.165) is 37.7 Å². The van der Waals surface area contributed by atoms with Crippen molar-refractivity contribution in [3.05, 3.63) is 52.9 Å². The van der Waals surface area contributed by atoms with Crippen LogP contribution in [0.25, 0.3) is 0 Å². The maximum atomic E-state index is 12.2. The molecule has 2 N–H and O–H groups in total. The summed E-state index contributed by atoms with van der Waals surface area (Å²) in [7, 11) is 1.80. The zero-order valence-electron chi connectivity index (χ0n) is 15.9. The van der Waals surface area contributed by atoms with Crippen LogP contribution in [0.1, 0.15) is 15.9 Å². The summed E-state index contributed by atoms with van der Waals surface area (Å²) in [5, 5.41) is 9.75. The summed E-state index contributed by atoms with van der Waals surface area (Å²) in [6.45, 7) is 7.05. The number of hydrogen-bond acceptors (Lipinski definition) is 4. The van der Waals surface area contributed by atoms with Gasteiger partial charge in [-0.2, -0.15) is 0 Å². The standard InChI is InChI=1S/C20H27N5OS/c1-16-5-3-6-17(15-16)19(26)22-8-9-23-20(21-2)25-12-10-24(11-13-25)18-7-4-14-27-18/h3-7,14-15H,8-13H2,1-2H3,(H,21,23)(H,22,26). The number of guanidine groups is 1. The van der Waals surface area contributed by atoms with E-state index in [0.29, 0.717) is 18.7 Å². The highest BCUT2D eigenvalue weighted by atomic mass is 32.1. The Morgan fingerprint density at radius 2 is 1.89 bits per heavy atom. The van der Waals surface area contributed by atoms with Gasteiger partial charge in [-0.1, -0.05) is 17.7 Å². The molecule has 1 saturated heterocycles. The van der Waals surface area contributed by atoms with Crippen LogP contribution in [0.4, 0.5) is 5.00 Å². The highest BCUT2D eigenvalue weighted by Gasteiger charge is 2.20. The summed E-state index contributed by atoms with van der Waals surface area (Å²) in [5.41, 5.74) is 1.78. The molecule has 27 heavy (non-hydrogen) atoms. The van der Waals surface area contributed by atoms with Crippen molar-refractivity contribution in [3.8, 4) is 0 Å². The zero-order chi connectivity index (χ0) is 19.1. The Morgan fingerprint density at radius 3 is 2.56 bits per heavy atom. The fraction of sp³-hybridized carbons (Fsp3) is 0.400. The molecule has 0 spiro atoms. The van der Waals surface area contributed by atoms with Crippen molar-refractivity contribution in [2.45, 2.75) is 6.92 Å². The molecule has 2 aromatic rings. The maximum Gasteiger partial charge on any atom is 0.251 e. The Hall–Kier alpha value is -2.54. The van der Waals surface area contributed by atoms with Crippen LogP contribution in [0.2, 0.25) is 0 Å². The molecule has 0 radical (unpaired) electrons. The molecule has 144 valence electrons. The molecule has 1 aliphatic heterocycles. The molecule has 1 aliphatic rings. The first-order valence-corrected chi connectivity index (χ1v) is 10.1. The fourth-order valence-electron chi connectivity index (χ4n) is 3.16. The SMILES string of the molecule is CN=C(NCCNC(=O)c1cccc(C)c1)N1CCN(c2cccs2)CC1. The molecule has 1 aromatic carbocycles. The molecule has 0 unspecified atom stereocenters. The van der Waals surface area contributed by atoms with Gasteiger partial charge >= 0.3 is 0 Å². The van der Waals surface area contributed by atoms with Gasteiger partial charge in [-0.3, -0.25) is 9.79 Å². The second-order valence-electron chi connectivity index (χ2n) is 6.52. The molecule has 0 atom stereocenters. The highest BCUT2D eigenvalue weighted by Crippen LogP contribution is 2.22. The molecule has 6 nitrogen and oxygen atoms in total. The first-order chi connectivity index (χ1) is 13.2. The van der Waals surface area contributed by atoms with E-state index >= 15 is 0 Å². The highest BCUT2D eigenvalue weighted by molar-refractivity contribution is 7.14. The number of nitrogens with one attached hydrogen (secondary N) is 2. The average Bonchev–Trinajstić information content (AvgIpc) is 3.23. The van der Waals surface area contributed by atoms with E-state index in [1.165, 1.54) is 5.00 Å². The van der Waals surface area contributed by atoms with Crippen LogP contribution in [0.5, 0.6) is 0 Å². The third-order valence-electron chi connectivity index (χ3n) is 4.58. The predicted octanol–water partition coefficient (Wildman–Crippen LogP) is 2.18. The number of aryl methyl sites for hydroxylation is 1. The fourth-order valence-corrected chi connectivity index (χ4v) is 3.94. The minimum atomic E-state index is -0.0416. The molecular formula is C20H27N5OS. The molecule has 1 fully saturated rings. The number of rotatable bonds is 5. The number of anilines is 1. The molecule has 2 heterocycles. The predicted molar refractivity (Wildman–Crippen MR) is 113 cm³/mol. The number of benzene rings is 1. The summed E-state index contributed by atoms with van der Waals surface area (Å²) in [6, 6.07) is 11.9. The van der Waals surface area contributed by atoms with Gasteiger partial charge in [0.25, 0.3) is 5.91 Å². The lowest BCUT2D eigenvalue weighted by atomic mass is 10.1. The number of amides is 1. The topological polar surface area (TPSA) is 60.0 Å². The summed E-state index contributed by atoms with van der Waals surface area (Å²) < 4.78 is 0. The van der Waals surface area contributed by atoms with Crippen LogP contribution in [0.3, 0.4) is 0 Å². The second kappa shape index (κ2) is 9.41. The first-order valence-electron chi connectivity index (χ1n) is 9.26. The van der Waals surface area contributed by atoms with Crippen LogP contribution >= 0.6 is 11.3 Å². The van der Waals surface area contributed by atoms with Gasteiger partial charge in [0.2, 0.25) is 0 Å². The monoisotopic (exact) mass is 385 g/mol. The van der Waals surface area contributed by atoms with Gasteiger partial charge < -0.3 is 20.4 Å². The van der Waals surface area contributed by atoms with E-state index in [-0.39, 0.29) is 5.91 Å². The molecule has 0 saturated carbocycles. The number of thiophene rings is 1. The van der Waals surface area contributed by atoms with Gasteiger partial charge in [0.15, 0.2) is 5.96 Å². The first kappa shape index (κ1) is 19.2. The number of hydrogen-bond donors (Lipinski definition) is 2. The Balaban J connectivity index is 1.40. The minimum absolute atomic E-state index is 0.0416. The van der Waals surface area contributed by atoms with Crippen LogP contribution in [0, 0.1) is 6.92 Å². The van der Waals surface area contributed by atoms with Crippen LogP contribution in [-0.2, 0) is 0 Å². The van der Waals surface area contributed by atoms with Gasteiger partial charge in [0, 0.05) is 51.9 Å². The van der Waals surface area contributed by atoms with E-state index < -0.39 is 0 Å². The van der Waals surface area contributed by atoms with Crippen LogP contribution < -0.4 is 15.5 Å². The van der Waals surface area contributed by atoms with E-state index in [2.05, 4.69) is 42.9 Å². The molecule has 3 rings (SSSR count). The number of aliphatic imine (C=N–C) groups is 1. The van der Waals surface area contributed by atoms with E-state index in [1.807, 2.05) is 31.2 Å². The maximum absolute atomic E-state index is 12.2. The van der Waals surface area contributed by atoms with Gasteiger partial charge in [0.05, 0.1) is 5.00 Å². The number of carbonyl (C=O) groups is 1. The number of piperazine rings is 1. The normalized spacial score (nSPS) is 15.0. The summed E-state index contributed by atoms with van der Waals surface area (Å²) in [5.74, 6) is 0.852. The molecule has 0 aliphatic carbocycles. The smallest absolute Gasteiger partial charge is 0.251 e.